The fraction of sp³-hybridized carbons (Fsp3) is 0.625. The van der Waals surface area contributed by atoms with E-state index in [1.165, 1.54) is 56.6 Å². The summed E-state index contributed by atoms with van der Waals surface area (Å²) in [7, 11) is 0. The molecule has 1 aliphatic heterocycles. The summed E-state index contributed by atoms with van der Waals surface area (Å²) < 4.78 is 0. The quantitative estimate of drug-likeness (QED) is 0.834. The van der Waals surface area contributed by atoms with Crippen LogP contribution < -0.4 is 10.2 Å². The lowest BCUT2D eigenvalue weighted by Gasteiger charge is -2.31. The van der Waals surface area contributed by atoms with E-state index in [2.05, 4.69) is 48.3 Å². The molecule has 0 spiro atoms. The van der Waals surface area contributed by atoms with Crippen LogP contribution in [0.15, 0.2) is 24.3 Å². The van der Waals surface area contributed by atoms with Crippen LogP contribution in [0.1, 0.15) is 46.0 Å². The molecule has 1 aromatic rings. The predicted octanol–water partition coefficient (Wildman–Crippen LogP) is 4.28. The van der Waals surface area contributed by atoms with Crippen LogP contribution in [-0.4, -0.2) is 19.1 Å². The van der Waals surface area contributed by atoms with E-state index >= 15 is 0 Å². The number of hydrogen-bond acceptors (Lipinski definition) is 2. The van der Waals surface area contributed by atoms with Crippen molar-refractivity contribution in [1.82, 2.24) is 0 Å². The summed E-state index contributed by atoms with van der Waals surface area (Å²) in [5, 5.41) is 3.67. The van der Waals surface area contributed by atoms with E-state index in [9.17, 15) is 0 Å². The molecule has 0 radical (unpaired) electrons. The van der Waals surface area contributed by atoms with Gasteiger partial charge in [-0.2, -0.15) is 0 Å². The van der Waals surface area contributed by atoms with Crippen LogP contribution in [0.4, 0.5) is 11.4 Å². The minimum Gasteiger partial charge on any atom is -0.381 e. The molecule has 0 bridgehead atoms. The van der Waals surface area contributed by atoms with Crippen LogP contribution >= 0.6 is 0 Å². The van der Waals surface area contributed by atoms with Crippen molar-refractivity contribution in [2.45, 2.75) is 52.0 Å². The van der Waals surface area contributed by atoms with Gasteiger partial charge in [0.15, 0.2) is 0 Å². The van der Waals surface area contributed by atoms with E-state index in [0.717, 1.165) is 0 Å². The Labute approximate surface area is 111 Å². The Morgan fingerprint density at radius 2 is 1.89 bits per heavy atom. The van der Waals surface area contributed by atoms with Crippen LogP contribution in [0.3, 0.4) is 0 Å². The molecule has 1 fully saturated rings. The van der Waals surface area contributed by atoms with E-state index in [0.29, 0.717) is 6.04 Å². The summed E-state index contributed by atoms with van der Waals surface area (Å²) in [5.74, 6) is 0. The maximum Gasteiger partial charge on any atom is 0.0602 e. The van der Waals surface area contributed by atoms with Crippen LogP contribution in [-0.2, 0) is 0 Å². The number of piperidine rings is 1. The maximum atomic E-state index is 3.67. The normalized spacial score (nSPS) is 17.6. The molecule has 2 nitrogen and oxygen atoms in total. The van der Waals surface area contributed by atoms with Crippen molar-refractivity contribution in [2.24, 2.45) is 0 Å². The molecule has 1 saturated heterocycles. The van der Waals surface area contributed by atoms with Crippen molar-refractivity contribution >= 4 is 11.4 Å². The molecule has 1 N–H and O–H groups in total. The summed E-state index contributed by atoms with van der Waals surface area (Å²) in [6.45, 7) is 6.94. The predicted molar refractivity (Wildman–Crippen MR) is 80.5 cm³/mol. The first-order chi connectivity index (χ1) is 8.81. The van der Waals surface area contributed by atoms with Gasteiger partial charge in [-0.15, -0.1) is 0 Å². The van der Waals surface area contributed by atoms with Crippen LogP contribution in [0.5, 0.6) is 0 Å². The van der Waals surface area contributed by atoms with Gasteiger partial charge in [0.25, 0.3) is 0 Å². The number of para-hydroxylation sites is 2. The lowest BCUT2D eigenvalue weighted by Crippen LogP contribution is -2.30. The third kappa shape index (κ3) is 3.41. The third-order valence-corrected chi connectivity index (χ3v) is 3.72. The lowest BCUT2D eigenvalue weighted by atomic mass is 10.1. The van der Waals surface area contributed by atoms with Crippen LogP contribution in [0.2, 0.25) is 0 Å². The molecule has 0 aliphatic carbocycles. The maximum absolute atomic E-state index is 3.67. The van der Waals surface area contributed by atoms with E-state index in [-0.39, 0.29) is 0 Å². The summed E-state index contributed by atoms with van der Waals surface area (Å²) in [5.41, 5.74) is 2.69. The minimum atomic E-state index is 0.556. The average molecular weight is 246 g/mol. The van der Waals surface area contributed by atoms with Crippen molar-refractivity contribution in [2.75, 3.05) is 23.3 Å². The van der Waals surface area contributed by atoms with Gasteiger partial charge in [-0.1, -0.05) is 25.5 Å². The highest BCUT2D eigenvalue weighted by Gasteiger charge is 2.14. The molecule has 0 aromatic heterocycles. The van der Waals surface area contributed by atoms with Crippen molar-refractivity contribution in [3.8, 4) is 0 Å². The first-order valence-electron chi connectivity index (χ1n) is 7.41. The second kappa shape index (κ2) is 6.67. The largest absolute Gasteiger partial charge is 0.381 e. The van der Waals surface area contributed by atoms with Crippen molar-refractivity contribution in [3.05, 3.63) is 24.3 Å². The van der Waals surface area contributed by atoms with Crippen LogP contribution in [0, 0.1) is 0 Å². The number of anilines is 2. The molecule has 2 heteroatoms. The topological polar surface area (TPSA) is 15.3 Å². The van der Waals surface area contributed by atoms with Gasteiger partial charge in [-0.05, 0) is 44.7 Å². The van der Waals surface area contributed by atoms with E-state index in [1.54, 1.807) is 0 Å². The average Bonchev–Trinajstić information content (AvgIpc) is 2.40. The summed E-state index contributed by atoms with van der Waals surface area (Å²) in [6.07, 6.45) is 6.52. The summed E-state index contributed by atoms with van der Waals surface area (Å²) in [4.78, 5) is 2.53. The molecule has 18 heavy (non-hydrogen) atoms. The van der Waals surface area contributed by atoms with Gasteiger partial charge >= 0.3 is 0 Å². The third-order valence-electron chi connectivity index (χ3n) is 3.72. The van der Waals surface area contributed by atoms with Gasteiger partial charge in [-0.3, -0.25) is 0 Å². The molecule has 1 unspecified atom stereocenters. The smallest absolute Gasteiger partial charge is 0.0602 e. The first kappa shape index (κ1) is 13.3. The molecular weight excluding hydrogens is 220 g/mol. The molecule has 1 aromatic carbocycles. The zero-order chi connectivity index (χ0) is 12.8. The second-order valence-electron chi connectivity index (χ2n) is 5.40. The molecular formula is C16H26N2. The molecule has 0 amide bonds. The Balaban J connectivity index is 2.09. The second-order valence-corrected chi connectivity index (χ2v) is 5.40. The fourth-order valence-electron chi connectivity index (χ4n) is 2.78. The minimum absolute atomic E-state index is 0.556. The van der Waals surface area contributed by atoms with Gasteiger partial charge < -0.3 is 10.2 Å². The Bertz CT molecular complexity index is 356. The van der Waals surface area contributed by atoms with Gasteiger partial charge in [0, 0.05) is 19.1 Å². The van der Waals surface area contributed by atoms with Crippen molar-refractivity contribution in [1.29, 1.82) is 0 Å². The Kier molecular flexibility index (Phi) is 4.91. The monoisotopic (exact) mass is 246 g/mol. The van der Waals surface area contributed by atoms with Gasteiger partial charge in [0.1, 0.15) is 0 Å². The highest BCUT2D eigenvalue weighted by molar-refractivity contribution is 5.70. The molecule has 1 aliphatic rings. The standard InChI is InChI=1S/C16H26N2/c1-3-9-14(2)17-15-10-5-6-11-16(15)18-12-7-4-8-13-18/h5-6,10-11,14,17H,3-4,7-9,12-13H2,1-2H3. The Morgan fingerprint density at radius 3 is 2.61 bits per heavy atom. The van der Waals surface area contributed by atoms with E-state index < -0.39 is 0 Å². The van der Waals surface area contributed by atoms with Crippen LogP contribution in [0.25, 0.3) is 0 Å². The van der Waals surface area contributed by atoms with Gasteiger partial charge in [0.05, 0.1) is 11.4 Å². The fourth-order valence-corrected chi connectivity index (χ4v) is 2.78. The summed E-state index contributed by atoms with van der Waals surface area (Å²) >= 11 is 0. The van der Waals surface area contributed by atoms with E-state index in [1.807, 2.05) is 0 Å². The Hall–Kier alpha value is -1.18. The van der Waals surface area contributed by atoms with E-state index in [4.69, 9.17) is 0 Å². The summed E-state index contributed by atoms with van der Waals surface area (Å²) in [6, 6.07) is 9.32. The zero-order valence-electron chi connectivity index (χ0n) is 11.8. The first-order valence-corrected chi connectivity index (χ1v) is 7.41. The highest BCUT2D eigenvalue weighted by atomic mass is 15.1. The number of nitrogens with one attached hydrogen (secondary N) is 1. The molecule has 2 rings (SSSR count). The van der Waals surface area contributed by atoms with Crippen molar-refractivity contribution in [3.63, 3.8) is 0 Å². The number of hydrogen-bond donors (Lipinski definition) is 1. The SMILES string of the molecule is CCCC(C)Nc1ccccc1N1CCCCC1. The molecule has 1 heterocycles. The Morgan fingerprint density at radius 1 is 1.17 bits per heavy atom. The van der Waals surface area contributed by atoms with Crippen molar-refractivity contribution < 1.29 is 0 Å². The number of rotatable bonds is 5. The number of benzene rings is 1. The highest BCUT2D eigenvalue weighted by Crippen LogP contribution is 2.29. The van der Waals surface area contributed by atoms with Gasteiger partial charge in [-0.25, -0.2) is 0 Å². The van der Waals surface area contributed by atoms with Gasteiger partial charge in [0.2, 0.25) is 0 Å². The molecule has 100 valence electrons. The number of nitrogens with zero attached hydrogens (tertiary/aromatic N) is 1. The lowest BCUT2D eigenvalue weighted by molar-refractivity contribution is 0.577. The molecule has 0 saturated carbocycles. The molecule has 1 atom stereocenters. The zero-order valence-corrected chi connectivity index (χ0v) is 11.8.